The SMILES string of the molecule is S=c1[nH]c2c(Cl)cccc2n1Cc1ccc(Br)s1. The summed E-state index contributed by atoms with van der Waals surface area (Å²) in [6.07, 6.45) is 0. The Hall–Kier alpha value is -0.620. The van der Waals surface area contributed by atoms with Crippen molar-refractivity contribution in [2.45, 2.75) is 6.54 Å². The molecule has 3 rings (SSSR count). The minimum atomic E-state index is 0.697. The highest BCUT2D eigenvalue weighted by atomic mass is 79.9. The van der Waals surface area contributed by atoms with Crippen molar-refractivity contribution in [2.75, 3.05) is 0 Å². The summed E-state index contributed by atoms with van der Waals surface area (Å²) in [6.45, 7) is 0.759. The molecule has 0 unspecified atom stereocenters. The van der Waals surface area contributed by atoms with Gasteiger partial charge in [-0.2, -0.15) is 0 Å². The number of benzene rings is 1. The van der Waals surface area contributed by atoms with Gasteiger partial charge in [0, 0.05) is 4.88 Å². The summed E-state index contributed by atoms with van der Waals surface area (Å²) >= 11 is 16.7. The molecule has 0 aliphatic heterocycles. The number of nitrogens with zero attached hydrogens (tertiary/aromatic N) is 1. The van der Waals surface area contributed by atoms with Crippen LogP contribution in [0.15, 0.2) is 34.1 Å². The predicted molar refractivity (Wildman–Crippen MR) is 83.3 cm³/mol. The maximum absolute atomic E-state index is 6.15. The van der Waals surface area contributed by atoms with Gasteiger partial charge in [0.15, 0.2) is 4.77 Å². The molecule has 0 saturated heterocycles. The average molecular weight is 360 g/mol. The summed E-state index contributed by atoms with van der Waals surface area (Å²) in [5.74, 6) is 0. The topological polar surface area (TPSA) is 20.7 Å². The molecule has 18 heavy (non-hydrogen) atoms. The first-order valence-electron chi connectivity index (χ1n) is 5.26. The molecule has 0 aliphatic rings. The van der Waals surface area contributed by atoms with Crippen molar-refractivity contribution in [3.05, 3.63) is 48.8 Å². The Balaban J connectivity index is 2.14. The van der Waals surface area contributed by atoms with E-state index in [0.717, 1.165) is 21.4 Å². The zero-order valence-corrected chi connectivity index (χ0v) is 13.1. The number of aromatic nitrogens is 2. The molecule has 1 N–H and O–H groups in total. The Morgan fingerprint density at radius 1 is 1.33 bits per heavy atom. The smallest absolute Gasteiger partial charge is 0.178 e. The molecule has 2 nitrogen and oxygen atoms in total. The highest BCUT2D eigenvalue weighted by Crippen LogP contribution is 2.26. The van der Waals surface area contributed by atoms with Crippen molar-refractivity contribution in [1.29, 1.82) is 0 Å². The van der Waals surface area contributed by atoms with Gasteiger partial charge in [-0.1, -0.05) is 17.7 Å². The quantitative estimate of drug-likeness (QED) is 0.622. The molecule has 0 fully saturated rings. The van der Waals surface area contributed by atoms with Crippen LogP contribution in [0.2, 0.25) is 5.02 Å². The number of fused-ring (bicyclic) bond motifs is 1. The van der Waals surface area contributed by atoms with Crippen LogP contribution in [0.1, 0.15) is 4.88 Å². The molecule has 6 heteroatoms. The fourth-order valence-electron chi connectivity index (χ4n) is 1.89. The number of aromatic amines is 1. The van der Waals surface area contributed by atoms with Crippen molar-refractivity contribution in [3.63, 3.8) is 0 Å². The van der Waals surface area contributed by atoms with E-state index in [2.05, 4.69) is 31.5 Å². The van der Waals surface area contributed by atoms with Crippen molar-refractivity contribution >= 4 is 62.1 Å². The number of halogens is 2. The van der Waals surface area contributed by atoms with Gasteiger partial charge in [-0.3, -0.25) is 0 Å². The minimum Gasteiger partial charge on any atom is -0.329 e. The lowest BCUT2D eigenvalue weighted by atomic mass is 10.3. The van der Waals surface area contributed by atoms with Gasteiger partial charge in [0.1, 0.15) is 0 Å². The highest BCUT2D eigenvalue weighted by molar-refractivity contribution is 9.11. The number of hydrogen-bond donors (Lipinski definition) is 1. The number of nitrogens with one attached hydrogen (secondary N) is 1. The summed E-state index contributed by atoms with van der Waals surface area (Å²) < 4.78 is 3.89. The summed E-state index contributed by atoms with van der Waals surface area (Å²) in [5, 5.41) is 0.699. The van der Waals surface area contributed by atoms with E-state index in [1.165, 1.54) is 4.88 Å². The van der Waals surface area contributed by atoms with Gasteiger partial charge in [0.05, 0.1) is 26.4 Å². The summed E-state index contributed by atoms with van der Waals surface area (Å²) in [5.41, 5.74) is 1.94. The number of thiophene rings is 1. The first-order valence-corrected chi connectivity index (χ1v) is 7.66. The van der Waals surface area contributed by atoms with Gasteiger partial charge in [-0.05, 0) is 52.4 Å². The second kappa shape index (κ2) is 4.81. The molecule has 0 saturated carbocycles. The first-order chi connectivity index (χ1) is 8.65. The molecule has 1 aromatic carbocycles. The Bertz CT molecular complexity index is 772. The third kappa shape index (κ3) is 2.16. The summed E-state index contributed by atoms with van der Waals surface area (Å²) in [4.78, 5) is 4.41. The van der Waals surface area contributed by atoms with Crippen LogP contribution in [0.25, 0.3) is 11.0 Å². The lowest BCUT2D eigenvalue weighted by Crippen LogP contribution is -1.97. The van der Waals surface area contributed by atoms with E-state index in [4.69, 9.17) is 23.8 Å². The van der Waals surface area contributed by atoms with Crippen LogP contribution in [0, 0.1) is 4.77 Å². The Labute approximate surface area is 126 Å². The van der Waals surface area contributed by atoms with E-state index >= 15 is 0 Å². The highest BCUT2D eigenvalue weighted by Gasteiger charge is 2.08. The second-order valence-corrected chi connectivity index (χ2v) is 7.20. The molecule has 3 aromatic rings. The van der Waals surface area contributed by atoms with Crippen LogP contribution in [0.3, 0.4) is 0 Å². The summed E-state index contributed by atoms with van der Waals surface area (Å²) in [6, 6.07) is 9.97. The lowest BCUT2D eigenvalue weighted by Gasteiger charge is -2.02. The molecule has 0 spiro atoms. The third-order valence-electron chi connectivity index (χ3n) is 2.70. The maximum Gasteiger partial charge on any atom is 0.178 e. The fraction of sp³-hybridized carbons (Fsp3) is 0.0833. The minimum absolute atomic E-state index is 0.697. The average Bonchev–Trinajstić information content (AvgIpc) is 2.87. The third-order valence-corrected chi connectivity index (χ3v) is 4.95. The van der Waals surface area contributed by atoms with Gasteiger partial charge in [0.25, 0.3) is 0 Å². The molecular formula is C12H8BrClN2S2. The molecule has 2 aromatic heterocycles. The van der Waals surface area contributed by atoms with E-state index in [0.29, 0.717) is 9.79 Å². The number of para-hydroxylation sites is 1. The van der Waals surface area contributed by atoms with Crippen LogP contribution in [0.4, 0.5) is 0 Å². The normalized spacial score (nSPS) is 11.2. The molecule has 0 amide bonds. The second-order valence-electron chi connectivity index (χ2n) is 3.86. The van der Waals surface area contributed by atoms with Crippen LogP contribution in [0.5, 0.6) is 0 Å². The van der Waals surface area contributed by atoms with Crippen LogP contribution in [-0.2, 0) is 6.54 Å². The number of imidazole rings is 1. The van der Waals surface area contributed by atoms with E-state index in [9.17, 15) is 0 Å². The van der Waals surface area contributed by atoms with Crippen LogP contribution in [-0.4, -0.2) is 9.55 Å². The number of hydrogen-bond acceptors (Lipinski definition) is 2. The number of H-pyrrole nitrogens is 1. The van der Waals surface area contributed by atoms with Crippen molar-refractivity contribution in [3.8, 4) is 0 Å². The largest absolute Gasteiger partial charge is 0.329 e. The number of rotatable bonds is 2. The van der Waals surface area contributed by atoms with E-state index in [-0.39, 0.29) is 0 Å². The van der Waals surface area contributed by atoms with Crippen LogP contribution >= 0.6 is 51.1 Å². The Morgan fingerprint density at radius 3 is 2.89 bits per heavy atom. The van der Waals surface area contributed by atoms with Gasteiger partial charge in [-0.15, -0.1) is 11.3 Å². The molecule has 0 atom stereocenters. The molecular weight excluding hydrogens is 352 g/mol. The first kappa shape index (κ1) is 12.4. The Morgan fingerprint density at radius 2 is 2.17 bits per heavy atom. The monoisotopic (exact) mass is 358 g/mol. The lowest BCUT2D eigenvalue weighted by molar-refractivity contribution is 0.823. The van der Waals surface area contributed by atoms with Gasteiger partial charge < -0.3 is 9.55 Å². The predicted octanol–water partition coefficient (Wildman–Crippen LogP) is 5.22. The van der Waals surface area contributed by atoms with Gasteiger partial charge >= 0.3 is 0 Å². The molecule has 0 bridgehead atoms. The van der Waals surface area contributed by atoms with Crippen molar-refractivity contribution in [2.24, 2.45) is 0 Å². The Kier molecular flexibility index (Phi) is 3.32. The zero-order chi connectivity index (χ0) is 12.7. The van der Waals surface area contributed by atoms with E-state index in [1.807, 2.05) is 24.3 Å². The standard InChI is InChI=1S/C12H8BrClN2S2/c13-10-5-4-7(18-10)6-16-9-3-1-2-8(14)11(9)15-12(16)17/h1-5H,6H2,(H,15,17). The fourth-order valence-corrected chi connectivity index (χ4v) is 3.85. The van der Waals surface area contributed by atoms with Crippen molar-refractivity contribution < 1.29 is 0 Å². The van der Waals surface area contributed by atoms with Gasteiger partial charge in [0.2, 0.25) is 0 Å². The molecule has 2 heterocycles. The zero-order valence-electron chi connectivity index (χ0n) is 9.11. The van der Waals surface area contributed by atoms with E-state index in [1.54, 1.807) is 11.3 Å². The maximum atomic E-state index is 6.15. The summed E-state index contributed by atoms with van der Waals surface area (Å²) in [7, 11) is 0. The molecule has 0 radical (unpaired) electrons. The van der Waals surface area contributed by atoms with Crippen molar-refractivity contribution in [1.82, 2.24) is 9.55 Å². The van der Waals surface area contributed by atoms with E-state index < -0.39 is 0 Å². The molecule has 92 valence electrons. The molecule has 0 aliphatic carbocycles. The van der Waals surface area contributed by atoms with Gasteiger partial charge in [-0.25, -0.2) is 0 Å². The van der Waals surface area contributed by atoms with Crippen LogP contribution < -0.4 is 0 Å².